The maximum absolute atomic E-state index is 3.39. The highest BCUT2D eigenvalue weighted by Gasteiger charge is 2.13. The molecule has 0 bridgehead atoms. The van der Waals surface area contributed by atoms with E-state index in [9.17, 15) is 0 Å². The SMILES string of the molecule is CC/C=C1/CCNC1C. The van der Waals surface area contributed by atoms with Crippen molar-refractivity contribution >= 4 is 0 Å². The van der Waals surface area contributed by atoms with Crippen molar-refractivity contribution < 1.29 is 0 Å². The van der Waals surface area contributed by atoms with Crippen LogP contribution < -0.4 is 5.32 Å². The van der Waals surface area contributed by atoms with Crippen LogP contribution in [0.15, 0.2) is 11.6 Å². The smallest absolute Gasteiger partial charge is 0.0251 e. The summed E-state index contributed by atoms with van der Waals surface area (Å²) in [7, 11) is 0. The summed E-state index contributed by atoms with van der Waals surface area (Å²) >= 11 is 0. The number of hydrogen-bond acceptors (Lipinski definition) is 1. The highest BCUT2D eigenvalue weighted by atomic mass is 14.9. The molecule has 1 N–H and O–H groups in total. The molecule has 1 atom stereocenters. The fourth-order valence-corrected chi connectivity index (χ4v) is 1.32. The average Bonchev–Trinajstić information content (AvgIpc) is 2.18. The number of nitrogens with one attached hydrogen (secondary N) is 1. The largest absolute Gasteiger partial charge is 0.310 e. The van der Waals surface area contributed by atoms with E-state index >= 15 is 0 Å². The lowest BCUT2D eigenvalue weighted by Gasteiger charge is -2.02. The number of rotatable bonds is 1. The summed E-state index contributed by atoms with van der Waals surface area (Å²) in [5.41, 5.74) is 1.59. The van der Waals surface area contributed by atoms with E-state index < -0.39 is 0 Å². The Morgan fingerprint density at radius 2 is 2.56 bits per heavy atom. The van der Waals surface area contributed by atoms with Gasteiger partial charge in [0, 0.05) is 6.04 Å². The molecule has 0 aromatic rings. The van der Waals surface area contributed by atoms with Gasteiger partial charge in [-0.05, 0) is 26.3 Å². The van der Waals surface area contributed by atoms with Crippen LogP contribution in [0.5, 0.6) is 0 Å². The van der Waals surface area contributed by atoms with E-state index in [1.165, 1.54) is 19.4 Å². The molecule has 0 radical (unpaired) electrons. The molecule has 1 aliphatic heterocycles. The van der Waals surface area contributed by atoms with Gasteiger partial charge in [-0.15, -0.1) is 0 Å². The minimum Gasteiger partial charge on any atom is -0.310 e. The lowest BCUT2D eigenvalue weighted by Crippen LogP contribution is -2.17. The first-order valence-corrected chi connectivity index (χ1v) is 3.77. The quantitative estimate of drug-likeness (QED) is 0.526. The molecule has 0 amide bonds. The van der Waals surface area contributed by atoms with Gasteiger partial charge in [-0.25, -0.2) is 0 Å². The molecule has 9 heavy (non-hydrogen) atoms. The summed E-state index contributed by atoms with van der Waals surface area (Å²) < 4.78 is 0. The summed E-state index contributed by atoms with van der Waals surface area (Å²) in [6.07, 6.45) is 4.78. The third-order valence-electron chi connectivity index (χ3n) is 1.89. The topological polar surface area (TPSA) is 12.0 Å². The van der Waals surface area contributed by atoms with Crippen LogP contribution in [0, 0.1) is 0 Å². The monoisotopic (exact) mass is 125 g/mol. The molecule has 1 rings (SSSR count). The molecule has 1 nitrogen and oxygen atoms in total. The van der Waals surface area contributed by atoms with Crippen LogP contribution in [-0.4, -0.2) is 12.6 Å². The molecule has 1 aliphatic rings. The normalized spacial score (nSPS) is 31.8. The van der Waals surface area contributed by atoms with Gasteiger partial charge in [-0.2, -0.15) is 0 Å². The Kier molecular flexibility index (Phi) is 2.29. The summed E-state index contributed by atoms with van der Waals surface area (Å²) in [6.45, 7) is 5.60. The second-order valence-corrected chi connectivity index (χ2v) is 2.61. The highest BCUT2D eigenvalue weighted by Crippen LogP contribution is 2.13. The first-order chi connectivity index (χ1) is 4.34. The molecular weight excluding hydrogens is 110 g/mol. The van der Waals surface area contributed by atoms with Crippen LogP contribution in [0.25, 0.3) is 0 Å². The number of hydrogen-bond donors (Lipinski definition) is 1. The van der Waals surface area contributed by atoms with E-state index in [4.69, 9.17) is 0 Å². The zero-order valence-electron chi connectivity index (χ0n) is 6.28. The van der Waals surface area contributed by atoms with Crippen LogP contribution >= 0.6 is 0 Å². The van der Waals surface area contributed by atoms with Gasteiger partial charge in [0.2, 0.25) is 0 Å². The lowest BCUT2D eigenvalue weighted by molar-refractivity contribution is 0.719. The van der Waals surface area contributed by atoms with Crippen molar-refractivity contribution in [2.45, 2.75) is 32.7 Å². The average molecular weight is 125 g/mol. The van der Waals surface area contributed by atoms with Crippen molar-refractivity contribution in [3.05, 3.63) is 11.6 Å². The van der Waals surface area contributed by atoms with E-state index in [2.05, 4.69) is 25.2 Å². The lowest BCUT2D eigenvalue weighted by atomic mass is 10.1. The van der Waals surface area contributed by atoms with Crippen LogP contribution in [0.4, 0.5) is 0 Å². The minimum absolute atomic E-state index is 0.643. The summed E-state index contributed by atoms with van der Waals surface area (Å²) in [6, 6.07) is 0.643. The van der Waals surface area contributed by atoms with Crippen molar-refractivity contribution in [2.75, 3.05) is 6.54 Å². The standard InChI is InChI=1S/C8H15N/c1-3-4-8-5-6-9-7(8)2/h4,7,9H,3,5-6H2,1-2H3/b8-4-. The Bertz CT molecular complexity index is 116. The summed E-state index contributed by atoms with van der Waals surface area (Å²) in [4.78, 5) is 0. The van der Waals surface area contributed by atoms with E-state index in [0.29, 0.717) is 6.04 Å². The maximum Gasteiger partial charge on any atom is 0.0251 e. The predicted octanol–water partition coefficient (Wildman–Crippen LogP) is 1.70. The molecule has 0 aliphatic carbocycles. The third-order valence-corrected chi connectivity index (χ3v) is 1.89. The first kappa shape index (κ1) is 6.81. The molecular formula is C8H15N. The number of allylic oxidation sites excluding steroid dienone is 1. The van der Waals surface area contributed by atoms with Crippen molar-refractivity contribution in [2.24, 2.45) is 0 Å². The summed E-state index contributed by atoms with van der Waals surface area (Å²) in [5, 5.41) is 3.39. The van der Waals surface area contributed by atoms with Crippen molar-refractivity contribution in [1.82, 2.24) is 5.32 Å². The van der Waals surface area contributed by atoms with Crippen LogP contribution in [0.2, 0.25) is 0 Å². The van der Waals surface area contributed by atoms with Crippen LogP contribution in [-0.2, 0) is 0 Å². The molecule has 1 fully saturated rings. The summed E-state index contributed by atoms with van der Waals surface area (Å²) in [5.74, 6) is 0. The molecule has 0 spiro atoms. The van der Waals surface area contributed by atoms with Gasteiger partial charge >= 0.3 is 0 Å². The highest BCUT2D eigenvalue weighted by molar-refractivity contribution is 5.13. The Balaban J connectivity index is 2.48. The molecule has 1 heterocycles. The molecule has 1 unspecified atom stereocenters. The molecule has 0 aromatic carbocycles. The Morgan fingerprint density at radius 1 is 1.78 bits per heavy atom. The van der Waals surface area contributed by atoms with Crippen molar-refractivity contribution in [3.63, 3.8) is 0 Å². The van der Waals surface area contributed by atoms with Crippen LogP contribution in [0.1, 0.15) is 26.7 Å². The van der Waals surface area contributed by atoms with Gasteiger partial charge in [0.05, 0.1) is 0 Å². The Labute approximate surface area is 57.1 Å². The van der Waals surface area contributed by atoms with Crippen molar-refractivity contribution in [1.29, 1.82) is 0 Å². The van der Waals surface area contributed by atoms with Gasteiger partial charge in [-0.3, -0.25) is 0 Å². The fourth-order valence-electron chi connectivity index (χ4n) is 1.32. The second-order valence-electron chi connectivity index (χ2n) is 2.61. The molecule has 0 aromatic heterocycles. The first-order valence-electron chi connectivity index (χ1n) is 3.77. The second kappa shape index (κ2) is 3.02. The molecule has 0 saturated carbocycles. The zero-order chi connectivity index (χ0) is 6.69. The van der Waals surface area contributed by atoms with E-state index in [0.717, 1.165) is 0 Å². The van der Waals surface area contributed by atoms with E-state index in [1.54, 1.807) is 5.57 Å². The van der Waals surface area contributed by atoms with Gasteiger partial charge in [0.15, 0.2) is 0 Å². The third kappa shape index (κ3) is 1.55. The van der Waals surface area contributed by atoms with E-state index in [-0.39, 0.29) is 0 Å². The minimum atomic E-state index is 0.643. The zero-order valence-corrected chi connectivity index (χ0v) is 6.28. The van der Waals surface area contributed by atoms with E-state index in [1.807, 2.05) is 0 Å². The Hall–Kier alpha value is -0.300. The molecule has 1 saturated heterocycles. The molecule has 1 heteroatoms. The Morgan fingerprint density at radius 3 is 3.00 bits per heavy atom. The van der Waals surface area contributed by atoms with Crippen LogP contribution in [0.3, 0.4) is 0 Å². The van der Waals surface area contributed by atoms with Gasteiger partial charge < -0.3 is 5.32 Å². The predicted molar refractivity (Wildman–Crippen MR) is 40.5 cm³/mol. The van der Waals surface area contributed by atoms with Crippen molar-refractivity contribution in [3.8, 4) is 0 Å². The fraction of sp³-hybridized carbons (Fsp3) is 0.750. The molecule has 52 valence electrons. The van der Waals surface area contributed by atoms with Gasteiger partial charge in [-0.1, -0.05) is 18.6 Å². The van der Waals surface area contributed by atoms with Gasteiger partial charge in [0.1, 0.15) is 0 Å². The maximum atomic E-state index is 3.39. The van der Waals surface area contributed by atoms with Gasteiger partial charge in [0.25, 0.3) is 0 Å².